The Morgan fingerprint density at radius 2 is 1.90 bits per heavy atom. The van der Waals surface area contributed by atoms with E-state index < -0.39 is 0 Å². The normalized spacial score (nSPS) is 11.6. The summed E-state index contributed by atoms with van der Waals surface area (Å²) in [6.45, 7) is 6.58. The molecule has 4 rings (SSSR count). The maximum absolute atomic E-state index is 13.1. The Bertz CT molecular complexity index is 1380. The van der Waals surface area contributed by atoms with Crippen LogP contribution in [0.5, 0.6) is 0 Å². The molecule has 3 aromatic heterocycles. The molecule has 0 N–H and O–H groups in total. The lowest BCUT2D eigenvalue weighted by atomic mass is 10.2. The molecule has 0 radical (unpaired) electrons. The summed E-state index contributed by atoms with van der Waals surface area (Å²) in [6.07, 6.45) is 1.78. The van der Waals surface area contributed by atoms with Crippen molar-refractivity contribution in [2.24, 2.45) is 5.92 Å². The number of aromatic nitrogens is 4. The predicted molar refractivity (Wildman–Crippen MR) is 122 cm³/mol. The molecule has 6 nitrogen and oxygen atoms in total. The van der Waals surface area contributed by atoms with Crippen LogP contribution < -0.4 is 11.1 Å². The van der Waals surface area contributed by atoms with Gasteiger partial charge in [-0.15, -0.1) is 0 Å². The van der Waals surface area contributed by atoms with E-state index in [1.807, 2.05) is 19.1 Å². The van der Waals surface area contributed by atoms with Crippen LogP contribution in [0, 0.1) is 12.8 Å². The summed E-state index contributed by atoms with van der Waals surface area (Å²) >= 11 is 7.48. The monoisotopic (exact) mass is 440 g/mol. The molecule has 30 heavy (non-hydrogen) atoms. The molecular formula is C22H21ClN4O2S. The number of pyridine rings is 1. The van der Waals surface area contributed by atoms with Crippen LogP contribution >= 0.6 is 23.4 Å². The summed E-state index contributed by atoms with van der Waals surface area (Å²) in [6, 6.07) is 10.4. The lowest BCUT2D eigenvalue weighted by molar-refractivity contribution is 0.475. The lowest BCUT2D eigenvalue weighted by Gasteiger charge is -2.15. The van der Waals surface area contributed by atoms with Gasteiger partial charge < -0.3 is 0 Å². The number of aryl methyl sites for hydroxylation is 1. The molecule has 0 aliphatic rings. The Morgan fingerprint density at radius 3 is 2.67 bits per heavy atom. The predicted octanol–water partition coefficient (Wildman–Crippen LogP) is 4.31. The van der Waals surface area contributed by atoms with Gasteiger partial charge in [0.2, 0.25) is 0 Å². The fourth-order valence-corrected chi connectivity index (χ4v) is 4.35. The number of nitrogens with zero attached hydrogens (tertiary/aromatic N) is 4. The largest absolute Gasteiger partial charge is 0.287 e. The van der Waals surface area contributed by atoms with Crippen molar-refractivity contribution in [1.29, 1.82) is 0 Å². The van der Waals surface area contributed by atoms with Gasteiger partial charge in [0.15, 0.2) is 5.16 Å². The van der Waals surface area contributed by atoms with Gasteiger partial charge in [-0.25, -0.2) is 9.97 Å². The summed E-state index contributed by atoms with van der Waals surface area (Å²) in [5, 5.41) is 1.62. The van der Waals surface area contributed by atoms with Crippen molar-refractivity contribution in [1.82, 2.24) is 18.9 Å². The second-order valence-corrected chi connectivity index (χ2v) is 9.05. The fraction of sp³-hybridized carbons (Fsp3) is 0.273. The van der Waals surface area contributed by atoms with Gasteiger partial charge in [0.05, 0.1) is 16.6 Å². The highest BCUT2D eigenvalue weighted by molar-refractivity contribution is 7.98. The van der Waals surface area contributed by atoms with Gasteiger partial charge in [-0.2, -0.15) is 0 Å². The first-order valence-corrected chi connectivity index (χ1v) is 11.0. The van der Waals surface area contributed by atoms with Gasteiger partial charge in [0.1, 0.15) is 5.65 Å². The van der Waals surface area contributed by atoms with Gasteiger partial charge in [0.25, 0.3) is 11.1 Å². The molecule has 0 aliphatic carbocycles. The molecule has 0 fully saturated rings. The van der Waals surface area contributed by atoms with E-state index in [0.29, 0.717) is 44.7 Å². The first kappa shape index (κ1) is 20.6. The maximum atomic E-state index is 13.1. The second kappa shape index (κ2) is 8.24. The molecule has 0 aliphatic heterocycles. The van der Waals surface area contributed by atoms with Crippen molar-refractivity contribution in [3.63, 3.8) is 0 Å². The van der Waals surface area contributed by atoms with Gasteiger partial charge in [-0.3, -0.25) is 18.6 Å². The second-order valence-electron chi connectivity index (χ2n) is 7.67. The Labute approximate surface area is 182 Å². The lowest BCUT2D eigenvalue weighted by Crippen LogP contribution is -2.25. The van der Waals surface area contributed by atoms with E-state index in [4.69, 9.17) is 16.6 Å². The van der Waals surface area contributed by atoms with Gasteiger partial charge in [-0.1, -0.05) is 43.3 Å². The molecule has 0 unspecified atom stereocenters. The Morgan fingerprint density at radius 1 is 1.10 bits per heavy atom. The Balaban J connectivity index is 1.74. The molecule has 0 spiro atoms. The van der Waals surface area contributed by atoms with E-state index in [-0.39, 0.29) is 17.0 Å². The average Bonchev–Trinajstić information content (AvgIpc) is 2.69. The van der Waals surface area contributed by atoms with E-state index in [9.17, 15) is 9.59 Å². The van der Waals surface area contributed by atoms with Crippen LogP contribution in [0.1, 0.15) is 25.1 Å². The van der Waals surface area contributed by atoms with E-state index >= 15 is 0 Å². The molecule has 0 atom stereocenters. The summed E-state index contributed by atoms with van der Waals surface area (Å²) < 4.78 is 3.22. The summed E-state index contributed by atoms with van der Waals surface area (Å²) in [5.41, 5.74) is 2.61. The van der Waals surface area contributed by atoms with Gasteiger partial charge in [0, 0.05) is 29.6 Å². The fourth-order valence-electron chi connectivity index (χ4n) is 3.28. The molecule has 0 amide bonds. The number of benzene rings is 1. The third kappa shape index (κ3) is 4.13. The minimum Gasteiger partial charge on any atom is -0.287 e. The van der Waals surface area contributed by atoms with Crippen molar-refractivity contribution < 1.29 is 0 Å². The summed E-state index contributed by atoms with van der Waals surface area (Å²) in [7, 11) is 0. The maximum Gasteiger partial charge on any atom is 0.262 e. The number of halogens is 1. The standard InChI is InChI=1S/C22H21ClN4O2S/c1-13(2)10-27-21(29)17-8-15(23)5-6-18(17)25-22(27)30-12-16-9-20(28)26-11-14(3)4-7-19(26)24-16/h4-9,11,13H,10,12H2,1-3H3. The average molecular weight is 441 g/mol. The molecule has 3 heterocycles. The number of rotatable bonds is 5. The van der Waals surface area contributed by atoms with E-state index in [1.54, 1.807) is 29.0 Å². The van der Waals surface area contributed by atoms with Crippen molar-refractivity contribution >= 4 is 39.9 Å². The van der Waals surface area contributed by atoms with Crippen LogP contribution in [0.4, 0.5) is 0 Å². The van der Waals surface area contributed by atoms with Crippen LogP contribution in [0.3, 0.4) is 0 Å². The minimum atomic E-state index is -0.125. The Kier molecular flexibility index (Phi) is 5.66. The molecule has 4 aromatic rings. The van der Waals surface area contributed by atoms with Crippen molar-refractivity contribution in [2.75, 3.05) is 0 Å². The van der Waals surface area contributed by atoms with E-state index in [2.05, 4.69) is 18.8 Å². The molecule has 154 valence electrons. The molecule has 1 aromatic carbocycles. The molecule has 0 bridgehead atoms. The zero-order chi connectivity index (χ0) is 21.4. The number of fused-ring (bicyclic) bond motifs is 2. The first-order valence-electron chi connectivity index (χ1n) is 9.63. The highest BCUT2D eigenvalue weighted by Gasteiger charge is 2.14. The number of hydrogen-bond acceptors (Lipinski definition) is 5. The van der Waals surface area contributed by atoms with E-state index in [0.717, 1.165) is 5.56 Å². The topological polar surface area (TPSA) is 69.3 Å². The van der Waals surface area contributed by atoms with E-state index in [1.165, 1.54) is 22.2 Å². The molecule has 0 saturated heterocycles. The van der Waals surface area contributed by atoms with Gasteiger partial charge >= 0.3 is 0 Å². The first-order chi connectivity index (χ1) is 14.3. The highest BCUT2D eigenvalue weighted by atomic mass is 35.5. The van der Waals surface area contributed by atoms with Crippen molar-refractivity contribution in [2.45, 2.75) is 38.2 Å². The molecule has 8 heteroatoms. The summed E-state index contributed by atoms with van der Waals surface area (Å²) in [4.78, 5) is 34.8. The van der Waals surface area contributed by atoms with Crippen LogP contribution in [-0.2, 0) is 12.3 Å². The van der Waals surface area contributed by atoms with Crippen LogP contribution in [-0.4, -0.2) is 18.9 Å². The third-order valence-electron chi connectivity index (χ3n) is 4.64. The number of hydrogen-bond donors (Lipinski definition) is 0. The Hall–Kier alpha value is -2.64. The van der Waals surface area contributed by atoms with Crippen LogP contribution in [0.2, 0.25) is 5.02 Å². The van der Waals surface area contributed by atoms with Crippen molar-refractivity contribution in [3.8, 4) is 0 Å². The summed E-state index contributed by atoms with van der Waals surface area (Å²) in [5.74, 6) is 0.704. The molecular weight excluding hydrogens is 420 g/mol. The van der Waals surface area contributed by atoms with Crippen molar-refractivity contribution in [3.05, 3.63) is 79.6 Å². The zero-order valence-electron chi connectivity index (χ0n) is 16.9. The van der Waals surface area contributed by atoms with Gasteiger partial charge in [-0.05, 0) is 42.7 Å². The quantitative estimate of drug-likeness (QED) is 0.341. The minimum absolute atomic E-state index is 0.110. The molecule has 0 saturated carbocycles. The number of thioether (sulfide) groups is 1. The van der Waals surface area contributed by atoms with Crippen LogP contribution in [0.25, 0.3) is 16.6 Å². The highest BCUT2D eigenvalue weighted by Crippen LogP contribution is 2.23. The zero-order valence-corrected chi connectivity index (χ0v) is 18.5. The SMILES string of the molecule is Cc1ccc2nc(CSc3nc4ccc(Cl)cc4c(=O)n3CC(C)C)cc(=O)n2c1. The smallest absolute Gasteiger partial charge is 0.262 e. The third-order valence-corrected chi connectivity index (χ3v) is 5.88. The van der Waals surface area contributed by atoms with Crippen LogP contribution in [0.15, 0.2) is 57.3 Å².